The van der Waals surface area contributed by atoms with Crippen molar-refractivity contribution >= 4 is 33.9 Å². The molecule has 2 heterocycles. The quantitative estimate of drug-likeness (QED) is 0.348. The number of carbonyl (C=O) groups is 2. The van der Waals surface area contributed by atoms with E-state index < -0.39 is 23.5 Å². The van der Waals surface area contributed by atoms with Crippen LogP contribution in [0.15, 0.2) is 65.7 Å². The van der Waals surface area contributed by atoms with Gasteiger partial charge in [0.15, 0.2) is 5.13 Å². The molecule has 1 unspecified atom stereocenters. The SMILES string of the molecule is CC(C)(C)c1ccc(C2C(=C(O)c3ccc(F)cc3)C(=O)C(=O)N2c2nccs2)cc1. The minimum absolute atomic E-state index is 0.0460. The van der Waals surface area contributed by atoms with Crippen LogP contribution in [0.2, 0.25) is 0 Å². The topological polar surface area (TPSA) is 70.5 Å². The van der Waals surface area contributed by atoms with E-state index in [1.165, 1.54) is 40.5 Å². The van der Waals surface area contributed by atoms with Crippen molar-refractivity contribution in [3.8, 4) is 0 Å². The van der Waals surface area contributed by atoms with E-state index in [-0.39, 0.29) is 22.3 Å². The molecule has 1 aliphatic heterocycles. The third kappa shape index (κ3) is 3.77. The fourth-order valence-corrected chi connectivity index (χ4v) is 4.28. The summed E-state index contributed by atoms with van der Waals surface area (Å²) in [6.07, 6.45) is 1.55. The zero-order chi connectivity index (χ0) is 22.3. The Morgan fingerprint density at radius 1 is 1.06 bits per heavy atom. The zero-order valence-corrected chi connectivity index (χ0v) is 18.1. The molecule has 2 aromatic carbocycles. The number of aliphatic hydroxyl groups is 1. The summed E-state index contributed by atoms with van der Waals surface area (Å²) >= 11 is 1.23. The lowest BCUT2D eigenvalue weighted by Crippen LogP contribution is -2.29. The van der Waals surface area contributed by atoms with E-state index >= 15 is 0 Å². The molecule has 1 amide bonds. The van der Waals surface area contributed by atoms with Crippen molar-refractivity contribution in [2.75, 3.05) is 4.90 Å². The second-order valence-corrected chi connectivity index (χ2v) is 9.24. The second kappa shape index (κ2) is 7.74. The molecule has 0 radical (unpaired) electrons. The summed E-state index contributed by atoms with van der Waals surface area (Å²) in [6.45, 7) is 6.29. The van der Waals surface area contributed by atoms with Crippen molar-refractivity contribution in [1.29, 1.82) is 0 Å². The summed E-state index contributed by atoms with van der Waals surface area (Å²) in [7, 11) is 0. The number of hydrogen-bond acceptors (Lipinski definition) is 5. The molecule has 1 aromatic heterocycles. The maximum atomic E-state index is 13.4. The number of halogens is 1. The average molecular weight is 437 g/mol. The minimum atomic E-state index is -0.842. The maximum absolute atomic E-state index is 13.4. The predicted octanol–water partition coefficient (Wildman–Crippen LogP) is 5.21. The van der Waals surface area contributed by atoms with E-state index in [2.05, 4.69) is 25.8 Å². The largest absolute Gasteiger partial charge is 0.507 e. The highest BCUT2D eigenvalue weighted by molar-refractivity contribution is 7.14. The molecule has 158 valence electrons. The van der Waals surface area contributed by atoms with Crippen molar-refractivity contribution in [1.82, 2.24) is 4.98 Å². The van der Waals surface area contributed by atoms with E-state index in [9.17, 15) is 19.1 Å². The number of benzene rings is 2. The number of aliphatic hydroxyl groups excluding tert-OH is 1. The van der Waals surface area contributed by atoms with Gasteiger partial charge in [0, 0.05) is 17.1 Å². The summed E-state index contributed by atoms with van der Waals surface area (Å²) in [5.41, 5.74) is 1.92. The summed E-state index contributed by atoms with van der Waals surface area (Å²) in [6, 6.07) is 11.9. The third-order valence-electron chi connectivity index (χ3n) is 5.28. The molecule has 5 nitrogen and oxygen atoms in total. The van der Waals surface area contributed by atoms with Crippen LogP contribution in [0.3, 0.4) is 0 Å². The summed E-state index contributed by atoms with van der Waals surface area (Å²) in [5.74, 6) is -2.37. The molecule has 0 spiro atoms. The Labute approximate surface area is 183 Å². The van der Waals surface area contributed by atoms with Gasteiger partial charge in [-0.3, -0.25) is 14.5 Å². The normalized spacial score (nSPS) is 18.6. The van der Waals surface area contributed by atoms with E-state index in [4.69, 9.17) is 0 Å². The van der Waals surface area contributed by atoms with Crippen LogP contribution in [-0.2, 0) is 15.0 Å². The lowest BCUT2D eigenvalue weighted by atomic mass is 9.85. The highest BCUT2D eigenvalue weighted by atomic mass is 32.1. The second-order valence-electron chi connectivity index (χ2n) is 8.36. The van der Waals surface area contributed by atoms with Crippen molar-refractivity contribution in [3.05, 3.63) is 88.2 Å². The van der Waals surface area contributed by atoms with Gasteiger partial charge in [-0.15, -0.1) is 11.3 Å². The van der Waals surface area contributed by atoms with Gasteiger partial charge in [-0.2, -0.15) is 0 Å². The van der Waals surface area contributed by atoms with Gasteiger partial charge in [-0.25, -0.2) is 9.37 Å². The number of ketones is 1. The van der Waals surface area contributed by atoms with E-state index in [1.807, 2.05) is 24.3 Å². The molecule has 3 aromatic rings. The first-order valence-corrected chi connectivity index (χ1v) is 10.6. The molecule has 1 atom stereocenters. The minimum Gasteiger partial charge on any atom is -0.507 e. The molecule has 4 rings (SSSR count). The van der Waals surface area contributed by atoms with Crippen molar-refractivity contribution in [2.24, 2.45) is 0 Å². The van der Waals surface area contributed by atoms with Crippen LogP contribution in [-0.4, -0.2) is 21.8 Å². The molecular formula is C24H21FN2O3S. The number of anilines is 1. The van der Waals surface area contributed by atoms with Gasteiger partial charge in [0.25, 0.3) is 5.78 Å². The van der Waals surface area contributed by atoms with Crippen molar-refractivity contribution in [2.45, 2.75) is 32.2 Å². The summed E-state index contributed by atoms with van der Waals surface area (Å²) in [5, 5.41) is 13.1. The number of Topliss-reactive ketones (excluding diaryl/α,β-unsaturated/α-hetero) is 1. The van der Waals surface area contributed by atoms with Crippen LogP contribution in [0.25, 0.3) is 5.76 Å². The monoisotopic (exact) mass is 436 g/mol. The molecule has 7 heteroatoms. The number of hydrogen-bond donors (Lipinski definition) is 1. The molecular weight excluding hydrogens is 415 g/mol. The molecule has 0 aliphatic carbocycles. The summed E-state index contributed by atoms with van der Waals surface area (Å²) < 4.78 is 13.4. The Bertz CT molecular complexity index is 1160. The van der Waals surface area contributed by atoms with Crippen molar-refractivity contribution in [3.63, 3.8) is 0 Å². The standard InChI is InChI=1S/C24H21FN2O3S/c1-24(2,3)16-8-4-14(5-9-16)19-18(20(28)15-6-10-17(25)11-7-15)21(29)22(30)27(19)23-26-12-13-31-23/h4-13,19,28H,1-3H3. The molecule has 1 aliphatic rings. The number of thiazole rings is 1. The molecule has 1 saturated heterocycles. The lowest BCUT2D eigenvalue weighted by Gasteiger charge is -2.24. The maximum Gasteiger partial charge on any atom is 0.301 e. The zero-order valence-electron chi connectivity index (χ0n) is 17.3. The van der Waals surface area contributed by atoms with Gasteiger partial charge in [0.1, 0.15) is 11.6 Å². The first-order chi connectivity index (χ1) is 14.7. The number of aromatic nitrogens is 1. The fraction of sp³-hybridized carbons (Fsp3) is 0.208. The summed E-state index contributed by atoms with van der Waals surface area (Å²) in [4.78, 5) is 31.5. The molecule has 0 bridgehead atoms. The van der Waals surface area contributed by atoms with E-state index in [0.29, 0.717) is 10.7 Å². The van der Waals surface area contributed by atoms with Gasteiger partial charge < -0.3 is 5.11 Å². The van der Waals surface area contributed by atoms with Gasteiger partial charge in [0.2, 0.25) is 0 Å². The van der Waals surface area contributed by atoms with Crippen LogP contribution >= 0.6 is 11.3 Å². The predicted molar refractivity (Wildman–Crippen MR) is 118 cm³/mol. The molecule has 31 heavy (non-hydrogen) atoms. The van der Waals surface area contributed by atoms with Gasteiger partial charge in [-0.1, -0.05) is 45.0 Å². The number of rotatable bonds is 3. The Morgan fingerprint density at radius 3 is 2.26 bits per heavy atom. The molecule has 0 saturated carbocycles. The first-order valence-electron chi connectivity index (χ1n) is 9.75. The highest BCUT2D eigenvalue weighted by Gasteiger charge is 2.48. The van der Waals surface area contributed by atoms with Gasteiger partial charge in [-0.05, 0) is 40.8 Å². The van der Waals surface area contributed by atoms with E-state index in [0.717, 1.165) is 5.56 Å². The molecule has 1 N–H and O–H groups in total. The number of carbonyl (C=O) groups excluding carboxylic acids is 2. The Kier molecular flexibility index (Phi) is 5.23. The fourth-order valence-electron chi connectivity index (χ4n) is 3.61. The van der Waals surface area contributed by atoms with Crippen LogP contribution < -0.4 is 4.90 Å². The van der Waals surface area contributed by atoms with Crippen LogP contribution in [0.5, 0.6) is 0 Å². The van der Waals surface area contributed by atoms with Crippen molar-refractivity contribution < 1.29 is 19.1 Å². The Hall–Kier alpha value is -3.32. The third-order valence-corrected chi connectivity index (χ3v) is 6.05. The van der Waals surface area contributed by atoms with Gasteiger partial charge in [0.05, 0.1) is 11.6 Å². The highest BCUT2D eigenvalue weighted by Crippen LogP contribution is 2.43. The Balaban J connectivity index is 1.90. The van der Waals surface area contributed by atoms with E-state index in [1.54, 1.807) is 11.6 Å². The smallest absolute Gasteiger partial charge is 0.301 e. The van der Waals surface area contributed by atoms with Crippen LogP contribution in [0.4, 0.5) is 9.52 Å². The van der Waals surface area contributed by atoms with Crippen LogP contribution in [0.1, 0.15) is 43.5 Å². The molecule has 1 fully saturated rings. The number of nitrogens with zero attached hydrogens (tertiary/aromatic N) is 2. The Morgan fingerprint density at radius 2 is 1.71 bits per heavy atom. The average Bonchev–Trinajstić information content (AvgIpc) is 3.34. The van der Waals surface area contributed by atoms with Gasteiger partial charge >= 0.3 is 5.91 Å². The number of amides is 1. The van der Waals surface area contributed by atoms with Crippen LogP contribution in [0, 0.1) is 5.82 Å². The lowest BCUT2D eigenvalue weighted by molar-refractivity contribution is -0.132. The first kappa shape index (κ1) is 20.9.